The molecule has 2 aromatic heterocycles. The van der Waals surface area contributed by atoms with Crippen molar-refractivity contribution in [3.8, 4) is 0 Å². The van der Waals surface area contributed by atoms with Crippen LogP contribution in [0, 0.1) is 0 Å². The largest absolute Gasteiger partial charge is 0.368 e. The van der Waals surface area contributed by atoms with Crippen molar-refractivity contribution in [2.75, 3.05) is 54.4 Å². The minimum absolute atomic E-state index is 0.142. The van der Waals surface area contributed by atoms with Crippen LogP contribution in [0.15, 0.2) is 30.3 Å². The van der Waals surface area contributed by atoms with E-state index >= 15 is 0 Å². The quantitative estimate of drug-likeness (QED) is 0.496. The molecule has 2 saturated heterocycles. The number of anilines is 3. The van der Waals surface area contributed by atoms with Crippen LogP contribution in [0.4, 0.5) is 17.6 Å². The Morgan fingerprint density at radius 2 is 1.73 bits per heavy atom. The van der Waals surface area contributed by atoms with Gasteiger partial charge in [-0.2, -0.15) is 9.97 Å². The van der Waals surface area contributed by atoms with Crippen molar-refractivity contribution in [1.82, 2.24) is 25.3 Å². The van der Waals surface area contributed by atoms with E-state index in [1.165, 1.54) is 0 Å². The van der Waals surface area contributed by atoms with Crippen LogP contribution >= 0.6 is 11.6 Å². The molecule has 33 heavy (non-hydrogen) atoms. The number of piperazine rings is 1. The van der Waals surface area contributed by atoms with Crippen LogP contribution in [0.1, 0.15) is 24.4 Å². The molecule has 10 nitrogen and oxygen atoms in total. The molecule has 3 aromatic rings. The van der Waals surface area contributed by atoms with E-state index in [1.807, 2.05) is 30.3 Å². The predicted octanol–water partition coefficient (Wildman–Crippen LogP) is 1.72. The minimum atomic E-state index is -0.803. The van der Waals surface area contributed by atoms with Gasteiger partial charge in [0.05, 0.1) is 0 Å². The molecule has 0 unspecified atom stereocenters. The van der Waals surface area contributed by atoms with E-state index in [-0.39, 0.29) is 11.0 Å². The zero-order valence-corrected chi connectivity index (χ0v) is 18.9. The van der Waals surface area contributed by atoms with Crippen LogP contribution in [0.5, 0.6) is 0 Å². The molecule has 0 bridgehead atoms. The Bertz CT molecular complexity index is 1150. The van der Waals surface area contributed by atoms with E-state index in [9.17, 15) is 4.79 Å². The number of hydrogen-bond donors (Lipinski definition) is 3. The lowest BCUT2D eigenvalue weighted by atomic mass is 10.1. The monoisotopic (exact) mass is 467 g/mol. The van der Waals surface area contributed by atoms with Gasteiger partial charge in [-0.1, -0.05) is 41.9 Å². The van der Waals surface area contributed by atoms with Crippen LogP contribution in [0.3, 0.4) is 0 Å². The summed E-state index contributed by atoms with van der Waals surface area (Å²) in [6.45, 7) is 5.19. The molecule has 11 heteroatoms. The van der Waals surface area contributed by atoms with Gasteiger partial charge in [-0.3, -0.25) is 4.79 Å². The van der Waals surface area contributed by atoms with E-state index in [4.69, 9.17) is 27.3 Å². The Labute approximate surface area is 196 Å². The molecule has 172 valence electrons. The summed E-state index contributed by atoms with van der Waals surface area (Å²) >= 11 is 6.53. The number of nitrogens with one attached hydrogen (secondary N) is 2. The molecule has 1 atom stereocenters. The molecular weight excluding hydrogens is 442 g/mol. The molecule has 1 amide bonds. The van der Waals surface area contributed by atoms with Gasteiger partial charge in [0.25, 0.3) is 0 Å². The molecule has 2 aliphatic rings. The van der Waals surface area contributed by atoms with Crippen LogP contribution < -0.4 is 26.2 Å². The summed E-state index contributed by atoms with van der Waals surface area (Å²) in [5.74, 6) is 1.10. The highest BCUT2D eigenvalue weighted by Crippen LogP contribution is 2.31. The maximum Gasteiger partial charge on any atom is 0.244 e. The summed E-state index contributed by atoms with van der Waals surface area (Å²) < 4.78 is 0. The molecule has 0 spiro atoms. The standard InChI is InChI=1S/C22H26ClN9O/c23-17-20(27-15(18(24)33)14-6-2-1-3-7-14)28-19-16(26-17)21(31-10-4-5-11-31)30-22(29-19)32-12-8-25-9-13-32/h1-3,6-7,15,25H,4-5,8-13H2,(H2,24,33)(H,27,28,29,30)/t15-/m0/s1. The third-order valence-corrected chi connectivity index (χ3v) is 6.23. The summed E-state index contributed by atoms with van der Waals surface area (Å²) in [6.07, 6.45) is 2.21. The second-order valence-corrected chi connectivity index (χ2v) is 8.56. The first-order valence-electron chi connectivity index (χ1n) is 11.2. The molecule has 2 fully saturated rings. The second-order valence-electron chi connectivity index (χ2n) is 8.20. The Morgan fingerprint density at radius 1 is 1.00 bits per heavy atom. The van der Waals surface area contributed by atoms with E-state index < -0.39 is 11.9 Å². The van der Waals surface area contributed by atoms with Gasteiger partial charge in [-0.05, 0) is 18.4 Å². The molecule has 0 saturated carbocycles. The van der Waals surface area contributed by atoms with Crippen LogP contribution in [0.25, 0.3) is 11.2 Å². The molecular formula is C22H26ClN9O. The molecule has 4 N–H and O–H groups in total. The number of nitrogens with zero attached hydrogens (tertiary/aromatic N) is 6. The number of aromatic nitrogens is 4. The summed E-state index contributed by atoms with van der Waals surface area (Å²) in [5.41, 5.74) is 7.37. The number of carbonyl (C=O) groups excluding carboxylic acids is 1. The zero-order valence-electron chi connectivity index (χ0n) is 18.2. The fourth-order valence-corrected chi connectivity index (χ4v) is 4.43. The first kappa shape index (κ1) is 21.6. The van der Waals surface area contributed by atoms with Crippen molar-refractivity contribution in [1.29, 1.82) is 0 Å². The van der Waals surface area contributed by atoms with Gasteiger partial charge < -0.3 is 26.2 Å². The lowest BCUT2D eigenvalue weighted by molar-refractivity contribution is -0.118. The molecule has 2 aliphatic heterocycles. The smallest absolute Gasteiger partial charge is 0.244 e. The van der Waals surface area contributed by atoms with Crippen molar-refractivity contribution in [3.63, 3.8) is 0 Å². The molecule has 0 aliphatic carbocycles. The summed E-state index contributed by atoms with van der Waals surface area (Å²) in [7, 11) is 0. The maximum atomic E-state index is 12.2. The number of fused-ring (bicyclic) bond motifs is 1. The molecule has 1 aromatic carbocycles. The molecule has 4 heterocycles. The second kappa shape index (κ2) is 9.32. The van der Waals surface area contributed by atoms with Crippen molar-refractivity contribution < 1.29 is 4.79 Å². The fourth-order valence-electron chi connectivity index (χ4n) is 4.25. The highest BCUT2D eigenvalue weighted by molar-refractivity contribution is 6.32. The Morgan fingerprint density at radius 3 is 2.42 bits per heavy atom. The van der Waals surface area contributed by atoms with E-state index in [1.54, 1.807) is 0 Å². The first-order valence-corrected chi connectivity index (χ1v) is 11.5. The van der Waals surface area contributed by atoms with E-state index in [0.29, 0.717) is 22.7 Å². The SMILES string of the molecule is NC(=O)[C@@H](Nc1nc2nc(N3CCNCC3)nc(N3CCCC3)c2nc1Cl)c1ccccc1. The third-order valence-electron chi connectivity index (χ3n) is 5.96. The van der Waals surface area contributed by atoms with Crippen molar-refractivity contribution in [3.05, 3.63) is 41.0 Å². The highest BCUT2D eigenvalue weighted by Gasteiger charge is 2.25. The molecule has 0 radical (unpaired) electrons. The van der Waals surface area contributed by atoms with Gasteiger partial charge >= 0.3 is 0 Å². The number of primary amides is 1. The predicted molar refractivity (Wildman–Crippen MR) is 129 cm³/mol. The van der Waals surface area contributed by atoms with Gasteiger partial charge in [-0.25, -0.2) is 9.97 Å². The van der Waals surface area contributed by atoms with E-state index in [0.717, 1.165) is 57.9 Å². The number of rotatable bonds is 6. The maximum absolute atomic E-state index is 12.2. The molecule has 5 rings (SSSR count). The Balaban J connectivity index is 1.58. The summed E-state index contributed by atoms with van der Waals surface area (Å²) in [5, 5.41) is 6.56. The normalized spacial score (nSPS) is 17.4. The Kier molecular flexibility index (Phi) is 6.10. The number of nitrogens with two attached hydrogens (primary N) is 1. The third kappa shape index (κ3) is 4.49. The van der Waals surface area contributed by atoms with Gasteiger partial charge in [0.2, 0.25) is 11.9 Å². The number of benzene rings is 1. The highest BCUT2D eigenvalue weighted by atomic mass is 35.5. The van der Waals surface area contributed by atoms with Crippen LogP contribution in [-0.2, 0) is 4.79 Å². The number of hydrogen-bond acceptors (Lipinski definition) is 9. The van der Waals surface area contributed by atoms with Gasteiger partial charge in [0.15, 0.2) is 28.0 Å². The Hall–Kier alpha value is -3.24. The lowest BCUT2D eigenvalue weighted by Gasteiger charge is -2.28. The fraction of sp³-hybridized carbons (Fsp3) is 0.409. The summed E-state index contributed by atoms with van der Waals surface area (Å²) in [4.78, 5) is 35.4. The zero-order chi connectivity index (χ0) is 22.8. The van der Waals surface area contributed by atoms with Gasteiger partial charge in [0, 0.05) is 39.3 Å². The minimum Gasteiger partial charge on any atom is -0.368 e. The average Bonchev–Trinajstić information content (AvgIpc) is 3.38. The topological polar surface area (TPSA) is 125 Å². The van der Waals surface area contributed by atoms with Crippen molar-refractivity contribution in [2.45, 2.75) is 18.9 Å². The van der Waals surface area contributed by atoms with Crippen molar-refractivity contribution >= 4 is 46.3 Å². The average molecular weight is 468 g/mol. The van der Waals surface area contributed by atoms with E-state index in [2.05, 4.69) is 30.4 Å². The van der Waals surface area contributed by atoms with Crippen LogP contribution in [0.2, 0.25) is 5.15 Å². The summed E-state index contributed by atoms with van der Waals surface area (Å²) in [6, 6.07) is 8.40. The van der Waals surface area contributed by atoms with Gasteiger partial charge in [0.1, 0.15) is 6.04 Å². The number of amides is 1. The first-order chi connectivity index (χ1) is 16.1. The van der Waals surface area contributed by atoms with Crippen molar-refractivity contribution in [2.24, 2.45) is 5.73 Å². The number of halogens is 1. The van der Waals surface area contributed by atoms with Gasteiger partial charge in [-0.15, -0.1) is 0 Å². The lowest BCUT2D eigenvalue weighted by Crippen LogP contribution is -2.44. The number of carbonyl (C=O) groups is 1. The van der Waals surface area contributed by atoms with Crippen LogP contribution in [-0.4, -0.2) is 65.1 Å².